The van der Waals surface area contributed by atoms with Crippen LogP contribution < -0.4 is 29.6 Å². The Hall–Kier alpha value is -1.24. The van der Waals surface area contributed by atoms with Crippen LogP contribution in [0, 0.1) is 0 Å². The molecule has 0 saturated heterocycles. The number of carbonyl (C=O) groups excluding carboxylic acids is 2. The summed E-state index contributed by atoms with van der Waals surface area (Å²) in [6, 6.07) is 0. The van der Waals surface area contributed by atoms with Gasteiger partial charge in [0.25, 0.3) is 5.91 Å². The summed E-state index contributed by atoms with van der Waals surface area (Å²) in [7, 11) is 0. The van der Waals surface area contributed by atoms with Crippen molar-refractivity contribution in [2.24, 2.45) is 0 Å². The van der Waals surface area contributed by atoms with Gasteiger partial charge in [0.05, 0.1) is 0 Å². The second-order valence-corrected chi connectivity index (χ2v) is 2.71. The fourth-order valence-electron chi connectivity index (χ4n) is 0.630. The molecule has 0 heterocycles. The third kappa shape index (κ3) is 26.0. The molecule has 0 atom stereocenters. The molecule has 0 bridgehead atoms. The van der Waals surface area contributed by atoms with Crippen LogP contribution in [0.5, 0.6) is 0 Å². The first kappa shape index (κ1) is 24.0. The Morgan fingerprint density at radius 2 is 1.39 bits per heavy atom. The number of alkyl halides is 4. The van der Waals surface area contributed by atoms with Crippen molar-refractivity contribution in [1.82, 2.24) is 4.90 Å². The van der Waals surface area contributed by atoms with Gasteiger partial charge in [0.2, 0.25) is 6.26 Å². The van der Waals surface area contributed by atoms with E-state index in [9.17, 15) is 27.2 Å². The van der Waals surface area contributed by atoms with Crippen molar-refractivity contribution in [3.8, 4) is 0 Å². The number of carboxylic acid groups (broad SMARTS) is 2. The average Bonchev–Trinajstić information content (AvgIpc) is 2.39. The number of aliphatic carboxylic acids is 2. The Morgan fingerprint density at radius 3 is 1.43 bits per heavy atom. The number of rotatable bonds is 5. The number of carbonyl (C=O) groups is 4. The van der Waals surface area contributed by atoms with Crippen LogP contribution in [-0.2, 0) is 19.2 Å². The monoisotopic (exact) mass is 364 g/mol. The molecule has 3 N–H and O–H groups in total. The number of nitrogens with zero attached hydrogens (tertiary/aromatic N) is 1. The van der Waals surface area contributed by atoms with Crippen molar-refractivity contribution in [3.63, 3.8) is 0 Å². The Balaban J connectivity index is -0.0000000863. The third-order valence-corrected chi connectivity index (χ3v) is 1.46. The molecule has 1 amide bonds. The van der Waals surface area contributed by atoms with Crippen LogP contribution in [0.4, 0.5) is 17.6 Å². The molecule has 13 heteroatoms. The number of amides is 1. The maximum Gasteiger partial charge on any atom is 1.00 e. The summed E-state index contributed by atoms with van der Waals surface area (Å²) in [6.07, 6.45) is -9.89. The molecule has 132 valence electrons. The first-order chi connectivity index (χ1) is 10.5. The molecule has 0 aromatic heterocycles. The summed E-state index contributed by atoms with van der Waals surface area (Å²) in [4.78, 5) is 39.0. The van der Waals surface area contributed by atoms with Gasteiger partial charge < -0.3 is 20.6 Å². The SMILES string of the molecule is [2H]C(=O)C(=O)O.[2H]C(F)(F)C(=O)N(CC)CC.[2H]C(F)(F)C(=O)O.[Na+].[OH-]. The van der Waals surface area contributed by atoms with E-state index in [1.807, 2.05) is 0 Å². The fraction of sp³-hybridized carbons (Fsp3) is 0.600. The van der Waals surface area contributed by atoms with E-state index in [0.29, 0.717) is 0 Å². The van der Waals surface area contributed by atoms with Crippen molar-refractivity contribution in [2.45, 2.75) is 26.7 Å². The summed E-state index contributed by atoms with van der Waals surface area (Å²) in [6.45, 7) is 3.61. The summed E-state index contributed by atoms with van der Waals surface area (Å²) < 4.78 is 63.3. The number of halogens is 4. The number of hydrogen-bond donors (Lipinski definition) is 2. The molecule has 8 nitrogen and oxygen atoms in total. The van der Waals surface area contributed by atoms with Gasteiger partial charge in [-0.1, -0.05) is 0 Å². The van der Waals surface area contributed by atoms with Crippen LogP contribution >= 0.6 is 0 Å². The normalized spacial score (nSPS) is 11.0. The fourth-order valence-corrected chi connectivity index (χ4v) is 0.630. The topological polar surface area (TPSA) is 142 Å². The van der Waals surface area contributed by atoms with E-state index in [1.54, 1.807) is 13.8 Å². The van der Waals surface area contributed by atoms with Gasteiger partial charge in [0.15, 0.2) is 0 Å². The predicted molar refractivity (Wildman–Crippen MR) is 63.2 cm³/mol. The van der Waals surface area contributed by atoms with Gasteiger partial charge in [0.1, 0.15) is 4.11 Å². The van der Waals surface area contributed by atoms with Crippen molar-refractivity contribution in [3.05, 3.63) is 0 Å². The van der Waals surface area contributed by atoms with Crippen LogP contribution in [0.25, 0.3) is 0 Å². The summed E-state index contributed by atoms with van der Waals surface area (Å²) in [5.41, 5.74) is 0. The van der Waals surface area contributed by atoms with E-state index in [-0.39, 0.29) is 48.1 Å². The van der Waals surface area contributed by atoms with Crippen LogP contribution in [0.1, 0.15) is 18.0 Å². The van der Waals surface area contributed by atoms with Gasteiger partial charge in [-0.05, 0) is 13.8 Å². The van der Waals surface area contributed by atoms with Crippen molar-refractivity contribution in [1.29, 1.82) is 0 Å². The molecule has 0 radical (unpaired) electrons. The molecule has 0 spiro atoms. The summed E-state index contributed by atoms with van der Waals surface area (Å²) >= 11 is 0. The summed E-state index contributed by atoms with van der Waals surface area (Å²) in [5, 5.41) is 14.8. The van der Waals surface area contributed by atoms with Gasteiger partial charge in [-0.3, -0.25) is 9.59 Å². The maximum atomic E-state index is 12.0. The second kappa shape index (κ2) is 20.8. The standard InChI is InChI=1S/C6H11F2NO.C2H2F2O2.C2H2O3.Na.H2O/c1-3-9(4-2)6(10)5(7)8;3-1(4)2(5)6;3-1-2(4)5;;/h5H,3-4H2,1-2H3;1H,(H,5,6);1H,(H,4,5);;1H2/q;;;+1;/p-1/i5D;2*1D;;. The minimum Gasteiger partial charge on any atom is -0.870 e. The van der Waals surface area contributed by atoms with Crippen molar-refractivity contribution in [2.75, 3.05) is 13.1 Å². The van der Waals surface area contributed by atoms with Gasteiger partial charge in [-0.15, -0.1) is 0 Å². The number of carboxylic acids is 2. The van der Waals surface area contributed by atoms with Crippen molar-refractivity contribution >= 4 is 24.1 Å². The zero-order valence-electron chi connectivity index (χ0n) is 15.3. The molecule has 0 aliphatic carbocycles. The number of hydrogen-bond acceptors (Lipinski definition) is 5. The van der Waals surface area contributed by atoms with Crippen LogP contribution in [0.3, 0.4) is 0 Å². The van der Waals surface area contributed by atoms with Gasteiger partial charge >= 0.3 is 54.3 Å². The molecule has 23 heavy (non-hydrogen) atoms. The first-order valence-corrected chi connectivity index (χ1v) is 5.04. The van der Waals surface area contributed by atoms with Gasteiger partial charge in [-0.2, -0.15) is 17.6 Å². The molecule has 0 aliphatic heterocycles. The number of aldehydes is 1. The Morgan fingerprint density at radius 1 is 1.13 bits per heavy atom. The van der Waals surface area contributed by atoms with E-state index in [2.05, 4.69) is 0 Å². The van der Waals surface area contributed by atoms with E-state index in [4.69, 9.17) is 23.9 Å². The van der Waals surface area contributed by atoms with Crippen LogP contribution in [0.2, 0.25) is 0 Å². The second-order valence-electron chi connectivity index (χ2n) is 2.71. The summed E-state index contributed by atoms with van der Waals surface area (Å²) in [5.74, 6) is -5.56. The first-order valence-electron chi connectivity index (χ1n) is 6.54. The van der Waals surface area contributed by atoms with E-state index >= 15 is 0 Å². The van der Waals surface area contributed by atoms with Gasteiger partial charge in [0, 0.05) is 13.1 Å². The molecule has 0 aliphatic rings. The molecule has 0 aromatic rings. The smallest absolute Gasteiger partial charge is 0.870 e. The third-order valence-electron chi connectivity index (χ3n) is 1.46. The zero-order chi connectivity index (χ0) is 20.3. The van der Waals surface area contributed by atoms with Gasteiger partial charge in [-0.25, -0.2) is 9.59 Å². The van der Waals surface area contributed by atoms with E-state index in [0.717, 1.165) is 4.90 Å². The minimum atomic E-state index is -4.33. The zero-order valence-corrected chi connectivity index (χ0v) is 14.3. The van der Waals surface area contributed by atoms with Crippen LogP contribution in [0.15, 0.2) is 0 Å². The average molecular weight is 364 g/mol. The van der Waals surface area contributed by atoms with Crippen molar-refractivity contribution < 1.29 is 86.1 Å². The Bertz CT molecular complexity index is 445. The van der Waals surface area contributed by atoms with E-state index in [1.165, 1.54) is 0 Å². The Kier molecular flexibility index (Phi) is 21.7. The van der Waals surface area contributed by atoms with E-state index < -0.39 is 36.9 Å². The quantitative estimate of drug-likeness (QED) is 0.239. The molecular weight excluding hydrogens is 345 g/mol. The maximum absolute atomic E-state index is 12.0. The predicted octanol–water partition coefficient (Wildman–Crippen LogP) is -2.45. The Labute approximate surface area is 155 Å². The van der Waals surface area contributed by atoms with Crippen LogP contribution in [-0.4, -0.2) is 70.6 Å². The largest absolute Gasteiger partial charge is 1.00 e. The molecule has 0 fully saturated rings. The molecule has 0 aromatic carbocycles. The molecule has 0 unspecified atom stereocenters. The minimum absolute atomic E-state index is 0. The molecular formula is C10H16F4NNaO7. The molecule has 0 rings (SSSR count). The molecule has 0 saturated carbocycles.